The van der Waals surface area contributed by atoms with E-state index in [2.05, 4.69) is 4.98 Å². The Balaban J connectivity index is 1.64. The number of H-pyrrole nitrogens is 1. The number of carbonyl (C=O) groups is 3. The Labute approximate surface area is 243 Å². The molecular formula is C31H27F3N2O7. The van der Waals surface area contributed by atoms with Crippen LogP contribution in [0.4, 0.5) is 18.0 Å². The van der Waals surface area contributed by atoms with Gasteiger partial charge in [0.1, 0.15) is 17.2 Å². The SMILES string of the molecule is CC(C)Oc1ccc(-c2c(Oc3ccc(C(F)(F)F)cc3)ccc3[nH]c(CC(=O)N(C(=O)O)C4CC4)c(C(=O)O)c23)cc1. The maximum absolute atomic E-state index is 13.1. The summed E-state index contributed by atoms with van der Waals surface area (Å²) in [6.07, 6.45) is -5.46. The summed E-state index contributed by atoms with van der Waals surface area (Å²) in [7, 11) is 0. The number of benzene rings is 3. The fourth-order valence-corrected chi connectivity index (χ4v) is 4.91. The third kappa shape index (κ3) is 6.27. The highest BCUT2D eigenvalue weighted by molar-refractivity contribution is 6.13. The highest BCUT2D eigenvalue weighted by atomic mass is 19.4. The molecule has 0 bridgehead atoms. The smallest absolute Gasteiger partial charge is 0.416 e. The van der Waals surface area contributed by atoms with E-state index in [1.54, 1.807) is 24.3 Å². The van der Waals surface area contributed by atoms with Crippen molar-refractivity contribution in [3.63, 3.8) is 0 Å². The van der Waals surface area contributed by atoms with Crippen LogP contribution >= 0.6 is 0 Å². The number of rotatable bonds is 9. The van der Waals surface area contributed by atoms with Crippen LogP contribution in [0, 0.1) is 0 Å². The standard InChI is InChI=1S/C31H27F3N2O7/c1-16(2)42-20-9-3-17(4-10-20)26-24(43-21-11-5-18(6-12-21)31(32,33)34)14-13-22-27(26)28(29(38)39)23(35-22)15-25(37)36(30(40)41)19-7-8-19/h3-6,9-14,16,19,35H,7-8,15H2,1-2H3,(H,38,39)(H,40,41). The van der Waals surface area contributed by atoms with Gasteiger partial charge in [0.15, 0.2) is 0 Å². The van der Waals surface area contributed by atoms with E-state index in [0.29, 0.717) is 35.2 Å². The Bertz CT molecular complexity index is 1690. The number of carbonyl (C=O) groups excluding carboxylic acids is 1. The lowest BCUT2D eigenvalue weighted by Gasteiger charge is -2.16. The van der Waals surface area contributed by atoms with Gasteiger partial charge in [0.05, 0.1) is 23.7 Å². The summed E-state index contributed by atoms with van der Waals surface area (Å²) in [5, 5.41) is 20.0. The van der Waals surface area contributed by atoms with Gasteiger partial charge >= 0.3 is 18.2 Å². The molecule has 1 saturated carbocycles. The van der Waals surface area contributed by atoms with E-state index in [0.717, 1.165) is 29.2 Å². The number of ether oxygens (including phenoxy) is 2. The van der Waals surface area contributed by atoms with E-state index in [-0.39, 0.29) is 34.2 Å². The maximum atomic E-state index is 13.1. The molecule has 224 valence electrons. The van der Waals surface area contributed by atoms with Crippen molar-refractivity contribution in [1.29, 1.82) is 0 Å². The van der Waals surface area contributed by atoms with Crippen LogP contribution in [0.25, 0.3) is 22.0 Å². The Hall–Kier alpha value is -5.00. The van der Waals surface area contributed by atoms with E-state index in [9.17, 15) is 37.8 Å². The zero-order valence-electron chi connectivity index (χ0n) is 23.1. The number of imide groups is 1. The van der Waals surface area contributed by atoms with Crippen LogP contribution < -0.4 is 9.47 Å². The molecule has 0 atom stereocenters. The van der Waals surface area contributed by atoms with E-state index < -0.39 is 42.2 Å². The first-order chi connectivity index (χ1) is 20.3. The van der Waals surface area contributed by atoms with Crippen molar-refractivity contribution in [2.75, 3.05) is 0 Å². The number of nitrogens with zero attached hydrogens (tertiary/aromatic N) is 1. The summed E-state index contributed by atoms with van der Waals surface area (Å²) in [5.74, 6) is -1.34. The first kappa shape index (κ1) is 29.5. The normalized spacial score (nSPS) is 13.3. The number of nitrogens with one attached hydrogen (secondary N) is 1. The minimum Gasteiger partial charge on any atom is -0.491 e. The van der Waals surface area contributed by atoms with Gasteiger partial charge in [-0.05, 0) is 80.8 Å². The molecule has 1 aliphatic carbocycles. The van der Waals surface area contributed by atoms with Gasteiger partial charge in [-0.3, -0.25) is 4.79 Å². The number of hydrogen-bond donors (Lipinski definition) is 3. The molecule has 0 saturated heterocycles. The number of amides is 2. The Morgan fingerprint density at radius 1 is 0.953 bits per heavy atom. The lowest BCUT2D eigenvalue weighted by atomic mass is 9.96. The fourth-order valence-electron chi connectivity index (χ4n) is 4.91. The lowest BCUT2D eigenvalue weighted by molar-refractivity contribution is -0.137. The number of carboxylic acid groups (broad SMARTS) is 2. The van der Waals surface area contributed by atoms with Gasteiger partial charge in [-0.2, -0.15) is 13.2 Å². The molecule has 5 rings (SSSR count). The second-order valence-electron chi connectivity index (χ2n) is 10.4. The highest BCUT2D eigenvalue weighted by Crippen LogP contribution is 2.43. The van der Waals surface area contributed by atoms with Crippen LogP contribution in [0.3, 0.4) is 0 Å². The summed E-state index contributed by atoms with van der Waals surface area (Å²) >= 11 is 0. The fraction of sp³-hybridized carbons (Fsp3) is 0.258. The number of hydrogen-bond acceptors (Lipinski definition) is 5. The largest absolute Gasteiger partial charge is 0.491 e. The number of aromatic amines is 1. The van der Waals surface area contributed by atoms with Crippen molar-refractivity contribution in [3.05, 3.63) is 77.5 Å². The molecule has 0 radical (unpaired) electrons. The average molecular weight is 597 g/mol. The second kappa shape index (κ2) is 11.3. The van der Waals surface area contributed by atoms with Crippen molar-refractivity contribution in [3.8, 4) is 28.4 Å². The van der Waals surface area contributed by atoms with Crippen LogP contribution in [-0.2, 0) is 17.4 Å². The summed E-state index contributed by atoms with van der Waals surface area (Å²) in [4.78, 5) is 41.1. The summed E-state index contributed by atoms with van der Waals surface area (Å²) in [6, 6.07) is 13.5. The molecule has 0 spiro atoms. The predicted octanol–water partition coefficient (Wildman–Crippen LogP) is 7.34. The van der Waals surface area contributed by atoms with E-state index in [4.69, 9.17) is 9.47 Å². The summed E-state index contributed by atoms with van der Waals surface area (Å²) in [5.41, 5.74) is 0.0509. The molecule has 1 aromatic heterocycles. The second-order valence-corrected chi connectivity index (χ2v) is 10.4. The third-order valence-corrected chi connectivity index (χ3v) is 6.86. The van der Waals surface area contributed by atoms with Gasteiger partial charge in [-0.15, -0.1) is 0 Å². The topological polar surface area (TPSA) is 129 Å². The number of aromatic nitrogens is 1. The molecule has 1 aliphatic rings. The van der Waals surface area contributed by atoms with Crippen LogP contribution in [0.15, 0.2) is 60.7 Å². The van der Waals surface area contributed by atoms with Crippen LogP contribution in [0.1, 0.15) is 48.3 Å². The monoisotopic (exact) mass is 596 g/mol. The Kier molecular flexibility index (Phi) is 7.78. The van der Waals surface area contributed by atoms with E-state index in [1.165, 1.54) is 12.1 Å². The molecule has 4 aromatic rings. The quantitative estimate of drug-likeness (QED) is 0.184. The molecule has 3 N–H and O–H groups in total. The molecule has 12 heteroatoms. The van der Waals surface area contributed by atoms with Crippen molar-refractivity contribution in [1.82, 2.24) is 9.88 Å². The number of carboxylic acids is 1. The molecule has 9 nitrogen and oxygen atoms in total. The molecule has 43 heavy (non-hydrogen) atoms. The zero-order valence-corrected chi connectivity index (χ0v) is 23.1. The number of alkyl halides is 3. The van der Waals surface area contributed by atoms with Gasteiger partial charge < -0.3 is 24.7 Å². The Morgan fingerprint density at radius 2 is 1.58 bits per heavy atom. The predicted molar refractivity (Wildman–Crippen MR) is 150 cm³/mol. The van der Waals surface area contributed by atoms with Gasteiger partial charge in [0, 0.05) is 28.2 Å². The van der Waals surface area contributed by atoms with Crippen molar-refractivity contribution in [2.24, 2.45) is 0 Å². The summed E-state index contributed by atoms with van der Waals surface area (Å²) in [6.45, 7) is 3.72. The van der Waals surface area contributed by atoms with Gasteiger partial charge in [0.25, 0.3) is 0 Å². The van der Waals surface area contributed by atoms with Crippen LogP contribution in [0.2, 0.25) is 0 Å². The first-order valence-electron chi connectivity index (χ1n) is 13.4. The van der Waals surface area contributed by atoms with Crippen LogP contribution in [0.5, 0.6) is 17.2 Å². The minimum absolute atomic E-state index is 0.00657. The van der Waals surface area contributed by atoms with E-state index in [1.807, 2.05) is 13.8 Å². The molecule has 1 heterocycles. The summed E-state index contributed by atoms with van der Waals surface area (Å²) < 4.78 is 51.0. The average Bonchev–Trinajstić information content (AvgIpc) is 3.67. The van der Waals surface area contributed by atoms with Gasteiger partial charge in [-0.25, -0.2) is 14.5 Å². The lowest BCUT2D eigenvalue weighted by Crippen LogP contribution is -2.38. The Morgan fingerprint density at radius 3 is 2.12 bits per heavy atom. The number of fused-ring (bicyclic) bond motifs is 1. The zero-order chi connectivity index (χ0) is 31.1. The van der Waals surface area contributed by atoms with Gasteiger partial charge in [-0.1, -0.05) is 12.1 Å². The van der Waals surface area contributed by atoms with Crippen molar-refractivity contribution in [2.45, 2.75) is 51.4 Å². The number of halogens is 3. The minimum atomic E-state index is -4.53. The highest BCUT2D eigenvalue weighted by Gasteiger charge is 2.38. The van der Waals surface area contributed by atoms with E-state index >= 15 is 0 Å². The first-order valence-corrected chi connectivity index (χ1v) is 13.4. The molecular weight excluding hydrogens is 569 g/mol. The third-order valence-electron chi connectivity index (χ3n) is 6.86. The maximum Gasteiger partial charge on any atom is 0.416 e. The van der Waals surface area contributed by atoms with Crippen molar-refractivity contribution >= 4 is 28.9 Å². The molecule has 0 aliphatic heterocycles. The molecule has 3 aromatic carbocycles. The van der Waals surface area contributed by atoms with Gasteiger partial charge in [0.2, 0.25) is 5.91 Å². The molecule has 1 fully saturated rings. The van der Waals surface area contributed by atoms with Crippen LogP contribution in [-0.4, -0.2) is 50.2 Å². The molecule has 0 unspecified atom stereocenters. The molecule has 2 amide bonds. The van der Waals surface area contributed by atoms with Crippen molar-refractivity contribution < 1.29 is 47.2 Å². The number of aromatic carboxylic acids is 1.